The summed E-state index contributed by atoms with van der Waals surface area (Å²) in [6.07, 6.45) is 5.34. The molecule has 0 bridgehead atoms. The summed E-state index contributed by atoms with van der Waals surface area (Å²) in [6, 6.07) is 4.02. The van der Waals surface area contributed by atoms with Crippen LogP contribution >= 0.6 is 24.0 Å². The lowest BCUT2D eigenvalue weighted by Gasteiger charge is -2.28. The van der Waals surface area contributed by atoms with Gasteiger partial charge in [-0.3, -0.25) is 0 Å². The molecule has 7 heteroatoms. The van der Waals surface area contributed by atoms with E-state index in [1.54, 1.807) is 0 Å². The molecule has 0 saturated heterocycles. The monoisotopic (exact) mass is 477 g/mol. The van der Waals surface area contributed by atoms with Crippen molar-refractivity contribution >= 4 is 35.8 Å². The molecular weight excluding hydrogens is 441 g/mol. The molecule has 0 saturated carbocycles. The quantitative estimate of drug-likeness (QED) is 0.274. The Morgan fingerprint density at radius 3 is 2.38 bits per heavy atom. The lowest BCUT2D eigenvalue weighted by atomic mass is 9.93. The van der Waals surface area contributed by atoms with Crippen LogP contribution in [-0.2, 0) is 6.54 Å². The van der Waals surface area contributed by atoms with E-state index in [1.165, 1.54) is 0 Å². The molecule has 1 aromatic rings. The zero-order chi connectivity index (χ0) is 18.7. The molecule has 0 aliphatic rings. The maximum absolute atomic E-state index is 10.8. The number of nitrogens with zero attached hydrogens (tertiary/aromatic N) is 3. The van der Waals surface area contributed by atoms with Crippen molar-refractivity contribution in [3.8, 4) is 0 Å². The second-order valence-corrected chi connectivity index (χ2v) is 6.69. The summed E-state index contributed by atoms with van der Waals surface area (Å²) in [7, 11) is 3.95. The highest BCUT2D eigenvalue weighted by Gasteiger charge is 2.24. The van der Waals surface area contributed by atoms with E-state index < -0.39 is 5.60 Å². The first-order chi connectivity index (χ1) is 11.9. The highest BCUT2D eigenvalue weighted by atomic mass is 127. The minimum Gasteiger partial charge on any atom is -0.388 e. The first-order valence-electron chi connectivity index (χ1n) is 9.31. The summed E-state index contributed by atoms with van der Waals surface area (Å²) < 4.78 is 0. The standard InChI is InChI=1S/C19H35N5O.HI/c1-6-10-19(25,11-7-2)15-23-18(20-8-3)22-14-16-9-12-21-17(13-16)24(4)5;/h9,12-13,25H,6-8,10-11,14-15H2,1-5H3,(H2,20,22,23);1H. The van der Waals surface area contributed by atoms with Crippen molar-refractivity contribution in [3.05, 3.63) is 23.9 Å². The van der Waals surface area contributed by atoms with Gasteiger partial charge in [0.1, 0.15) is 5.82 Å². The van der Waals surface area contributed by atoms with Crippen molar-refractivity contribution in [2.24, 2.45) is 4.99 Å². The third-order valence-electron chi connectivity index (χ3n) is 4.05. The zero-order valence-electron chi connectivity index (χ0n) is 16.9. The van der Waals surface area contributed by atoms with Crippen LogP contribution < -0.4 is 15.5 Å². The molecule has 0 aliphatic heterocycles. The number of hydrogen-bond donors (Lipinski definition) is 3. The number of aromatic nitrogens is 1. The molecule has 3 N–H and O–H groups in total. The van der Waals surface area contributed by atoms with Crippen LogP contribution in [-0.4, -0.2) is 48.8 Å². The van der Waals surface area contributed by atoms with Gasteiger partial charge in [-0.1, -0.05) is 26.7 Å². The van der Waals surface area contributed by atoms with Gasteiger partial charge in [0.05, 0.1) is 12.1 Å². The predicted octanol–water partition coefficient (Wildman–Crippen LogP) is 3.15. The molecule has 0 fully saturated rings. The van der Waals surface area contributed by atoms with Crippen LogP contribution in [0.4, 0.5) is 5.82 Å². The second kappa shape index (κ2) is 13.1. The van der Waals surface area contributed by atoms with Crippen molar-refractivity contribution < 1.29 is 5.11 Å². The highest BCUT2D eigenvalue weighted by molar-refractivity contribution is 14.0. The van der Waals surface area contributed by atoms with E-state index in [1.807, 2.05) is 44.2 Å². The van der Waals surface area contributed by atoms with E-state index >= 15 is 0 Å². The average Bonchev–Trinajstić information content (AvgIpc) is 2.58. The van der Waals surface area contributed by atoms with E-state index in [4.69, 9.17) is 0 Å². The topological polar surface area (TPSA) is 72.8 Å². The fourth-order valence-electron chi connectivity index (χ4n) is 2.80. The number of anilines is 1. The van der Waals surface area contributed by atoms with Gasteiger partial charge in [-0.25, -0.2) is 9.98 Å². The number of rotatable bonds is 10. The molecule has 150 valence electrons. The van der Waals surface area contributed by atoms with Crippen molar-refractivity contribution in [3.63, 3.8) is 0 Å². The van der Waals surface area contributed by atoms with Crippen LogP contribution in [0.5, 0.6) is 0 Å². The summed E-state index contributed by atoms with van der Waals surface area (Å²) in [5, 5.41) is 17.3. The summed E-state index contributed by atoms with van der Waals surface area (Å²) in [4.78, 5) is 10.9. The van der Waals surface area contributed by atoms with E-state index in [0.29, 0.717) is 13.1 Å². The van der Waals surface area contributed by atoms with Crippen LogP contribution in [0.25, 0.3) is 0 Å². The van der Waals surface area contributed by atoms with Crippen molar-refractivity contribution in [2.45, 2.75) is 58.6 Å². The Kier molecular flexibility index (Phi) is 12.6. The third kappa shape index (κ3) is 9.02. The first kappa shape index (κ1) is 24.9. The molecule has 0 unspecified atom stereocenters. The molecule has 26 heavy (non-hydrogen) atoms. The van der Waals surface area contributed by atoms with Gasteiger partial charge in [-0.2, -0.15) is 0 Å². The largest absolute Gasteiger partial charge is 0.388 e. The van der Waals surface area contributed by atoms with Gasteiger partial charge in [0.2, 0.25) is 0 Å². The van der Waals surface area contributed by atoms with Crippen LogP contribution in [0.2, 0.25) is 0 Å². The molecule has 0 aliphatic carbocycles. The summed E-state index contributed by atoms with van der Waals surface area (Å²) in [6.45, 7) is 8.11. The maximum Gasteiger partial charge on any atom is 0.191 e. The minimum absolute atomic E-state index is 0. The molecule has 0 aromatic carbocycles. The molecular formula is C19H36IN5O. The number of nitrogens with one attached hydrogen (secondary N) is 2. The van der Waals surface area contributed by atoms with Crippen molar-refractivity contribution in [1.82, 2.24) is 15.6 Å². The average molecular weight is 477 g/mol. The number of aliphatic hydroxyl groups is 1. The third-order valence-corrected chi connectivity index (χ3v) is 4.05. The minimum atomic E-state index is -0.672. The smallest absolute Gasteiger partial charge is 0.191 e. The van der Waals surface area contributed by atoms with Gasteiger partial charge in [0.15, 0.2) is 5.96 Å². The maximum atomic E-state index is 10.8. The highest BCUT2D eigenvalue weighted by Crippen LogP contribution is 2.18. The Morgan fingerprint density at radius 1 is 1.19 bits per heavy atom. The van der Waals surface area contributed by atoms with Crippen LogP contribution in [0.1, 0.15) is 52.0 Å². The van der Waals surface area contributed by atoms with Gasteiger partial charge in [-0.05, 0) is 37.5 Å². The zero-order valence-corrected chi connectivity index (χ0v) is 19.2. The number of hydrogen-bond acceptors (Lipinski definition) is 4. The summed E-state index contributed by atoms with van der Waals surface area (Å²) in [5.41, 5.74) is 0.433. The first-order valence-corrected chi connectivity index (χ1v) is 9.31. The van der Waals surface area contributed by atoms with Crippen LogP contribution in [0, 0.1) is 0 Å². The van der Waals surface area contributed by atoms with E-state index in [9.17, 15) is 5.11 Å². The number of pyridine rings is 1. The Morgan fingerprint density at radius 2 is 1.85 bits per heavy atom. The number of guanidine groups is 1. The predicted molar refractivity (Wildman–Crippen MR) is 122 cm³/mol. The molecule has 0 radical (unpaired) electrons. The summed E-state index contributed by atoms with van der Waals surface area (Å²) >= 11 is 0. The van der Waals surface area contributed by atoms with Gasteiger partial charge in [-0.15, -0.1) is 24.0 Å². The molecule has 0 amide bonds. The molecule has 1 heterocycles. The molecule has 0 spiro atoms. The number of halogens is 1. The van der Waals surface area contributed by atoms with Crippen LogP contribution in [0.3, 0.4) is 0 Å². The summed E-state index contributed by atoms with van der Waals surface area (Å²) in [5.74, 6) is 1.65. The molecule has 1 aromatic heterocycles. The molecule has 1 rings (SSSR count). The second-order valence-electron chi connectivity index (χ2n) is 6.69. The Labute approximate surface area is 175 Å². The lowest BCUT2D eigenvalue weighted by Crippen LogP contribution is -2.47. The van der Waals surface area contributed by atoms with Gasteiger partial charge < -0.3 is 20.6 Å². The Hall–Kier alpha value is -1.09. The normalized spacial score (nSPS) is 11.7. The molecule has 6 nitrogen and oxygen atoms in total. The van der Waals surface area contributed by atoms with Crippen molar-refractivity contribution in [2.75, 3.05) is 32.1 Å². The molecule has 0 atom stereocenters. The van der Waals surface area contributed by atoms with Crippen molar-refractivity contribution in [1.29, 1.82) is 0 Å². The Bertz CT molecular complexity index is 530. The fraction of sp³-hybridized carbons (Fsp3) is 0.684. The van der Waals surface area contributed by atoms with Gasteiger partial charge in [0.25, 0.3) is 0 Å². The van der Waals surface area contributed by atoms with Gasteiger partial charge in [0, 0.05) is 33.4 Å². The lowest BCUT2D eigenvalue weighted by molar-refractivity contribution is 0.0257. The Balaban J connectivity index is 0.00000625. The fourth-order valence-corrected chi connectivity index (χ4v) is 2.80. The van der Waals surface area contributed by atoms with E-state index in [0.717, 1.165) is 49.6 Å². The SMILES string of the molecule is CCCC(O)(CCC)CNC(=NCc1ccnc(N(C)C)c1)NCC.I. The van der Waals surface area contributed by atoms with Gasteiger partial charge >= 0.3 is 0 Å². The number of aliphatic imine (C=N–C) groups is 1. The van der Waals surface area contributed by atoms with Crippen LogP contribution in [0.15, 0.2) is 23.3 Å². The van der Waals surface area contributed by atoms with E-state index in [-0.39, 0.29) is 24.0 Å². The van der Waals surface area contributed by atoms with E-state index in [2.05, 4.69) is 34.5 Å².